The van der Waals surface area contributed by atoms with Crippen LogP contribution < -0.4 is 4.74 Å². The molecule has 1 aromatic heterocycles. The van der Waals surface area contributed by atoms with E-state index in [1.54, 1.807) is 6.20 Å². The van der Waals surface area contributed by atoms with Gasteiger partial charge in [0.25, 0.3) is 0 Å². The third kappa shape index (κ3) is 3.86. The Balaban J connectivity index is 1.60. The molecule has 1 aromatic rings. The number of piperidine rings is 1. The Hall–Kier alpha value is -1.13. The zero-order valence-corrected chi connectivity index (χ0v) is 14.5. The van der Waals surface area contributed by atoms with E-state index in [1.807, 2.05) is 19.1 Å². The Labute approximate surface area is 139 Å². The highest BCUT2D eigenvalue weighted by Crippen LogP contribution is 2.39. The number of pyridine rings is 1. The minimum atomic E-state index is -0.713. The van der Waals surface area contributed by atoms with Crippen molar-refractivity contribution in [3.05, 3.63) is 23.9 Å². The van der Waals surface area contributed by atoms with Crippen LogP contribution in [0.1, 0.15) is 57.9 Å². The molecule has 0 bridgehead atoms. The third-order valence-electron chi connectivity index (χ3n) is 5.55. The Morgan fingerprint density at radius 3 is 2.70 bits per heavy atom. The van der Waals surface area contributed by atoms with E-state index in [4.69, 9.17) is 4.74 Å². The molecule has 128 valence electrons. The van der Waals surface area contributed by atoms with Gasteiger partial charge in [-0.25, -0.2) is 4.98 Å². The van der Waals surface area contributed by atoms with E-state index in [0.29, 0.717) is 18.5 Å². The maximum Gasteiger partial charge on any atom is 0.213 e. The van der Waals surface area contributed by atoms with Crippen molar-refractivity contribution in [2.45, 2.75) is 64.0 Å². The lowest BCUT2D eigenvalue weighted by Crippen LogP contribution is -2.46. The van der Waals surface area contributed by atoms with Gasteiger partial charge in [0, 0.05) is 30.4 Å². The number of aliphatic hydroxyl groups is 1. The smallest absolute Gasteiger partial charge is 0.213 e. The van der Waals surface area contributed by atoms with Crippen LogP contribution in [0.4, 0.5) is 0 Å². The number of rotatable bonds is 4. The molecule has 4 nitrogen and oxygen atoms in total. The number of nitrogens with zero attached hydrogens (tertiary/aromatic N) is 2. The van der Waals surface area contributed by atoms with E-state index >= 15 is 0 Å². The van der Waals surface area contributed by atoms with E-state index in [1.165, 1.54) is 25.9 Å². The van der Waals surface area contributed by atoms with E-state index in [-0.39, 0.29) is 0 Å². The quantitative estimate of drug-likeness (QED) is 0.925. The van der Waals surface area contributed by atoms with Crippen molar-refractivity contribution in [3.63, 3.8) is 0 Å². The lowest BCUT2D eigenvalue weighted by atomic mass is 9.77. The maximum atomic E-state index is 11.0. The summed E-state index contributed by atoms with van der Waals surface area (Å²) in [6, 6.07) is 4.49. The van der Waals surface area contributed by atoms with Crippen molar-refractivity contribution in [3.8, 4) is 5.88 Å². The Morgan fingerprint density at radius 1 is 1.30 bits per heavy atom. The van der Waals surface area contributed by atoms with Gasteiger partial charge in [-0.3, -0.25) is 0 Å². The summed E-state index contributed by atoms with van der Waals surface area (Å²) in [6.45, 7) is 7.39. The molecule has 3 rings (SSSR count). The lowest BCUT2D eigenvalue weighted by Gasteiger charge is -2.43. The average Bonchev–Trinajstić information content (AvgIpc) is 2.56. The topological polar surface area (TPSA) is 45.6 Å². The highest BCUT2D eigenvalue weighted by atomic mass is 16.5. The van der Waals surface area contributed by atoms with Gasteiger partial charge in [-0.15, -0.1) is 0 Å². The second-order valence-corrected chi connectivity index (χ2v) is 7.32. The van der Waals surface area contributed by atoms with E-state index < -0.39 is 5.60 Å². The molecule has 1 atom stereocenters. The molecule has 0 aromatic carbocycles. The van der Waals surface area contributed by atoms with Crippen molar-refractivity contribution in [2.75, 3.05) is 19.7 Å². The molecule has 0 amide bonds. The van der Waals surface area contributed by atoms with E-state index in [2.05, 4.69) is 16.8 Å². The van der Waals surface area contributed by atoms with Gasteiger partial charge in [0.2, 0.25) is 5.88 Å². The van der Waals surface area contributed by atoms with Crippen LogP contribution in [-0.4, -0.2) is 40.7 Å². The highest BCUT2D eigenvalue weighted by Gasteiger charge is 2.37. The largest absolute Gasteiger partial charge is 0.478 e. The fraction of sp³-hybridized carbons (Fsp3) is 0.737. The summed E-state index contributed by atoms with van der Waals surface area (Å²) in [5, 5.41) is 11.0. The molecule has 1 N–H and O–H groups in total. The standard InChI is InChI=1S/C19H30N2O2/c1-3-23-18-7-6-16(13-20-18)19(22)10-8-17(9-11-19)21-12-4-5-15(2)14-21/h6-7,13,15,17,22H,3-5,8-12,14H2,1-2H3/t15?,17-,19-. The second-order valence-electron chi connectivity index (χ2n) is 7.32. The molecule has 1 aliphatic carbocycles. The van der Waals surface area contributed by atoms with Crippen molar-refractivity contribution in [1.82, 2.24) is 9.88 Å². The van der Waals surface area contributed by atoms with E-state index in [0.717, 1.165) is 37.2 Å². The Bertz CT molecular complexity index is 495. The minimum Gasteiger partial charge on any atom is -0.478 e. The average molecular weight is 318 g/mol. The van der Waals surface area contributed by atoms with Crippen LogP contribution in [0.25, 0.3) is 0 Å². The molecule has 1 aliphatic heterocycles. The van der Waals surface area contributed by atoms with Crippen LogP contribution >= 0.6 is 0 Å². The minimum absolute atomic E-state index is 0.618. The normalized spacial score (nSPS) is 32.7. The first-order valence-corrected chi connectivity index (χ1v) is 9.16. The van der Waals surface area contributed by atoms with Crippen LogP contribution in [-0.2, 0) is 5.60 Å². The van der Waals surface area contributed by atoms with Gasteiger partial charge in [-0.2, -0.15) is 0 Å². The Morgan fingerprint density at radius 2 is 2.09 bits per heavy atom. The lowest BCUT2D eigenvalue weighted by molar-refractivity contribution is -0.0304. The number of hydrogen-bond donors (Lipinski definition) is 1. The van der Waals surface area contributed by atoms with Crippen molar-refractivity contribution in [2.24, 2.45) is 5.92 Å². The fourth-order valence-electron chi connectivity index (χ4n) is 4.18. The summed E-state index contributed by atoms with van der Waals surface area (Å²) in [4.78, 5) is 6.97. The van der Waals surface area contributed by atoms with Gasteiger partial charge in [0.05, 0.1) is 12.2 Å². The van der Waals surface area contributed by atoms with Crippen LogP contribution in [0, 0.1) is 5.92 Å². The first-order chi connectivity index (χ1) is 11.1. The molecule has 4 heteroatoms. The summed E-state index contributed by atoms with van der Waals surface area (Å²) < 4.78 is 5.39. The summed E-state index contributed by atoms with van der Waals surface area (Å²) in [7, 11) is 0. The Kier molecular flexibility index (Phi) is 5.22. The third-order valence-corrected chi connectivity index (χ3v) is 5.55. The molecule has 1 saturated carbocycles. The summed E-state index contributed by atoms with van der Waals surface area (Å²) in [5.41, 5.74) is 0.224. The molecular formula is C19H30N2O2. The molecular weight excluding hydrogens is 288 g/mol. The monoisotopic (exact) mass is 318 g/mol. The number of aromatic nitrogens is 1. The zero-order valence-electron chi connectivity index (χ0n) is 14.5. The van der Waals surface area contributed by atoms with Gasteiger partial charge >= 0.3 is 0 Å². The van der Waals surface area contributed by atoms with Gasteiger partial charge in [0.1, 0.15) is 0 Å². The summed E-state index contributed by atoms with van der Waals surface area (Å²) in [5.74, 6) is 1.45. The predicted molar refractivity (Wildman–Crippen MR) is 91.5 cm³/mol. The molecule has 2 aliphatic rings. The van der Waals surface area contributed by atoms with Gasteiger partial charge < -0.3 is 14.7 Å². The predicted octanol–water partition coefficient (Wildman–Crippen LogP) is 3.34. The molecule has 1 unspecified atom stereocenters. The van der Waals surface area contributed by atoms with Crippen molar-refractivity contribution >= 4 is 0 Å². The van der Waals surface area contributed by atoms with E-state index in [9.17, 15) is 5.11 Å². The molecule has 1 saturated heterocycles. The number of likely N-dealkylation sites (tertiary alicyclic amines) is 1. The fourth-order valence-corrected chi connectivity index (χ4v) is 4.18. The zero-order chi connectivity index (χ0) is 16.3. The first kappa shape index (κ1) is 16.7. The van der Waals surface area contributed by atoms with Crippen LogP contribution in [0.3, 0.4) is 0 Å². The number of ether oxygens (including phenoxy) is 1. The van der Waals surface area contributed by atoms with Crippen molar-refractivity contribution < 1.29 is 9.84 Å². The summed E-state index contributed by atoms with van der Waals surface area (Å²) >= 11 is 0. The maximum absolute atomic E-state index is 11.0. The summed E-state index contributed by atoms with van der Waals surface area (Å²) in [6.07, 6.45) is 8.30. The number of hydrogen-bond acceptors (Lipinski definition) is 4. The SMILES string of the molecule is CCOc1ccc([C@]2(O)CC[C@H](N3CCCC(C)C3)CC2)cn1. The molecule has 0 radical (unpaired) electrons. The highest BCUT2D eigenvalue weighted by molar-refractivity contribution is 5.24. The molecule has 2 fully saturated rings. The first-order valence-electron chi connectivity index (χ1n) is 9.16. The molecule has 23 heavy (non-hydrogen) atoms. The van der Waals surface area contributed by atoms with Gasteiger partial charge in [-0.05, 0) is 64.0 Å². The molecule has 2 heterocycles. The van der Waals surface area contributed by atoms with Gasteiger partial charge in [-0.1, -0.05) is 6.92 Å². The van der Waals surface area contributed by atoms with Gasteiger partial charge in [0.15, 0.2) is 0 Å². The van der Waals surface area contributed by atoms with Crippen LogP contribution in [0.15, 0.2) is 18.3 Å². The second kappa shape index (κ2) is 7.18. The molecule has 0 spiro atoms. The van der Waals surface area contributed by atoms with Crippen LogP contribution in [0.5, 0.6) is 5.88 Å². The van der Waals surface area contributed by atoms with Crippen molar-refractivity contribution in [1.29, 1.82) is 0 Å². The van der Waals surface area contributed by atoms with Crippen LogP contribution in [0.2, 0.25) is 0 Å².